The SMILES string of the molecule is COCCN(CCS)CCC#N. The maximum Gasteiger partial charge on any atom is 0.0635 e. The molecule has 0 atom stereocenters. The van der Waals surface area contributed by atoms with E-state index in [4.69, 9.17) is 10.00 Å². The van der Waals surface area contributed by atoms with Crippen LogP contribution in [0.4, 0.5) is 0 Å². The van der Waals surface area contributed by atoms with Crippen molar-refractivity contribution >= 4 is 12.6 Å². The summed E-state index contributed by atoms with van der Waals surface area (Å²) >= 11 is 4.14. The van der Waals surface area contributed by atoms with Crippen molar-refractivity contribution in [2.45, 2.75) is 6.42 Å². The Labute approximate surface area is 79.7 Å². The largest absolute Gasteiger partial charge is 0.383 e. The Hall–Kier alpha value is -0.240. The monoisotopic (exact) mass is 188 g/mol. The van der Waals surface area contributed by atoms with E-state index in [2.05, 4.69) is 23.6 Å². The molecule has 0 aromatic rings. The van der Waals surface area contributed by atoms with Gasteiger partial charge in [0.05, 0.1) is 12.7 Å². The maximum absolute atomic E-state index is 8.38. The number of hydrogen-bond acceptors (Lipinski definition) is 4. The first-order chi connectivity index (χ1) is 5.85. The van der Waals surface area contributed by atoms with Crippen molar-refractivity contribution in [3.8, 4) is 6.07 Å². The zero-order valence-corrected chi connectivity index (χ0v) is 8.39. The highest BCUT2D eigenvalue weighted by atomic mass is 32.1. The molecule has 0 spiro atoms. The Balaban J connectivity index is 3.48. The molecule has 0 aromatic heterocycles. The van der Waals surface area contributed by atoms with Gasteiger partial charge in [0.1, 0.15) is 0 Å². The summed E-state index contributed by atoms with van der Waals surface area (Å²) in [6, 6.07) is 2.13. The smallest absolute Gasteiger partial charge is 0.0635 e. The summed E-state index contributed by atoms with van der Waals surface area (Å²) in [5.74, 6) is 0.829. The molecule has 0 aliphatic carbocycles. The molecule has 0 fully saturated rings. The number of thiol groups is 1. The van der Waals surface area contributed by atoms with Crippen molar-refractivity contribution in [2.75, 3.05) is 39.1 Å². The number of nitriles is 1. The van der Waals surface area contributed by atoms with Crippen LogP contribution in [0.1, 0.15) is 6.42 Å². The first-order valence-corrected chi connectivity index (χ1v) is 4.67. The number of hydrogen-bond donors (Lipinski definition) is 1. The molecule has 0 amide bonds. The van der Waals surface area contributed by atoms with Gasteiger partial charge in [-0.25, -0.2) is 0 Å². The molecule has 0 aliphatic rings. The van der Waals surface area contributed by atoms with Gasteiger partial charge >= 0.3 is 0 Å². The lowest BCUT2D eigenvalue weighted by molar-refractivity contribution is 0.153. The fraction of sp³-hybridized carbons (Fsp3) is 0.875. The van der Waals surface area contributed by atoms with Gasteiger partial charge in [0.2, 0.25) is 0 Å². The van der Waals surface area contributed by atoms with Gasteiger partial charge in [-0.1, -0.05) is 0 Å². The van der Waals surface area contributed by atoms with Crippen LogP contribution in [0.25, 0.3) is 0 Å². The topological polar surface area (TPSA) is 36.3 Å². The van der Waals surface area contributed by atoms with Crippen molar-refractivity contribution in [1.82, 2.24) is 4.90 Å². The fourth-order valence-electron chi connectivity index (χ4n) is 0.905. The predicted molar refractivity (Wildman–Crippen MR) is 52.4 cm³/mol. The molecular weight excluding hydrogens is 172 g/mol. The summed E-state index contributed by atoms with van der Waals surface area (Å²) in [7, 11) is 1.68. The van der Waals surface area contributed by atoms with Crippen molar-refractivity contribution in [3.63, 3.8) is 0 Å². The summed E-state index contributed by atoms with van der Waals surface area (Å²) in [5, 5.41) is 8.38. The van der Waals surface area contributed by atoms with Crippen molar-refractivity contribution in [2.24, 2.45) is 0 Å². The van der Waals surface area contributed by atoms with E-state index in [-0.39, 0.29) is 0 Å². The van der Waals surface area contributed by atoms with Crippen LogP contribution in [0, 0.1) is 11.3 Å². The molecule has 0 unspecified atom stereocenters. The van der Waals surface area contributed by atoms with E-state index in [1.165, 1.54) is 0 Å². The molecule has 0 aromatic carbocycles. The fourth-order valence-corrected chi connectivity index (χ4v) is 1.19. The van der Waals surface area contributed by atoms with Crippen molar-refractivity contribution < 1.29 is 4.74 Å². The highest BCUT2D eigenvalue weighted by Crippen LogP contribution is 1.92. The van der Waals surface area contributed by atoms with Gasteiger partial charge in [-0.15, -0.1) is 0 Å². The minimum atomic E-state index is 0.581. The van der Waals surface area contributed by atoms with E-state index in [0.29, 0.717) is 6.42 Å². The van der Waals surface area contributed by atoms with Crippen LogP contribution < -0.4 is 0 Å². The maximum atomic E-state index is 8.38. The predicted octanol–water partition coefficient (Wildman–Crippen LogP) is 0.778. The lowest BCUT2D eigenvalue weighted by Gasteiger charge is -2.18. The molecule has 0 saturated heterocycles. The zero-order chi connectivity index (χ0) is 9.23. The van der Waals surface area contributed by atoms with Gasteiger partial charge in [-0.2, -0.15) is 17.9 Å². The minimum Gasteiger partial charge on any atom is -0.383 e. The molecule has 70 valence electrons. The average Bonchev–Trinajstić information content (AvgIpc) is 2.10. The summed E-state index contributed by atoms with van der Waals surface area (Å²) < 4.78 is 4.95. The molecule has 0 bridgehead atoms. The Kier molecular flexibility index (Phi) is 8.68. The molecule has 0 aliphatic heterocycles. The number of rotatable bonds is 7. The van der Waals surface area contributed by atoms with Crippen LogP contribution in [0.5, 0.6) is 0 Å². The average molecular weight is 188 g/mol. The Bertz CT molecular complexity index is 136. The van der Waals surface area contributed by atoms with Crippen LogP contribution in [0.2, 0.25) is 0 Å². The summed E-state index contributed by atoms with van der Waals surface area (Å²) in [6.07, 6.45) is 0.581. The van der Waals surface area contributed by atoms with E-state index >= 15 is 0 Å². The van der Waals surface area contributed by atoms with Gasteiger partial charge in [-0.05, 0) is 0 Å². The number of methoxy groups -OCH3 is 1. The minimum absolute atomic E-state index is 0.581. The van der Waals surface area contributed by atoms with Gasteiger partial charge < -0.3 is 4.74 Å². The first-order valence-electron chi connectivity index (χ1n) is 4.04. The van der Waals surface area contributed by atoms with Crippen LogP contribution in [-0.4, -0.2) is 44.0 Å². The second-order valence-electron chi connectivity index (χ2n) is 2.47. The molecule has 0 radical (unpaired) electrons. The summed E-state index contributed by atoms with van der Waals surface area (Å²) in [4.78, 5) is 2.18. The molecule has 4 heteroatoms. The van der Waals surface area contributed by atoms with Crippen molar-refractivity contribution in [3.05, 3.63) is 0 Å². The van der Waals surface area contributed by atoms with Crippen molar-refractivity contribution in [1.29, 1.82) is 5.26 Å². The highest BCUT2D eigenvalue weighted by Gasteiger charge is 2.01. The Morgan fingerprint density at radius 1 is 1.42 bits per heavy atom. The highest BCUT2D eigenvalue weighted by molar-refractivity contribution is 7.80. The lowest BCUT2D eigenvalue weighted by atomic mass is 10.4. The summed E-state index contributed by atoms with van der Waals surface area (Å²) in [5.41, 5.74) is 0. The standard InChI is InChI=1S/C8H16N2OS/c1-11-7-5-10(6-8-12)4-2-3-9/h12H,2,4-8H2,1H3. The van der Waals surface area contributed by atoms with E-state index in [0.717, 1.165) is 32.0 Å². The molecule has 0 N–H and O–H groups in total. The third-order valence-corrected chi connectivity index (χ3v) is 1.77. The second-order valence-corrected chi connectivity index (χ2v) is 2.91. The Morgan fingerprint density at radius 3 is 2.67 bits per heavy atom. The van der Waals surface area contributed by atoms with Crippen LogP contribution in [0.3, 0.4) is 0 Å². The third kappa shape index (κ3) is 6.47. The van der Waals surface area contributed by atoms with E-state index in [1.54, 1.807) is 7.11 Å². The molecule has 0 saturated carbocycles. The Morgan fingerprint density at radius 2 is 2.17 bits per heavy atom. The van der Waals surface area contributed by atoms with E-state index in [9.17, 15) is 0 Å². The molecular formula is C8H16N2OS. The molecule has 0 rings (SSSR count). The van der Waals surface area contributed by atoms with Gasteiger partial charge in [-0.3, -0.25) is 4.90 Å². The lowest BCUT2D eigenvalue weighted by Crippen LogP contribution is -2.30. The molecule has 12 heavy (non-hydrogen) atoms. The van der Waals surface area contributed by atoms with E-state index in [1.807, 2.05) is 0 Å². The van der Waals surface area contributed by atoms with Crippen LogP contribution in [0.15, 0.2) is 0 Å². The molecule has 3 nitrogen and oxygen atoms in total. The number of ether oxygens (including phenoxy) is 1. The zero-order valence-electron chi connectivity index (χ0n) is 7.49. The van der Waals surface area contributed by atoms with E-state index < -0.39 is 0 Å². The summed E-state index contributed by atoms with van der Waals surface area (Å²) in [6.45, 7) is 3.35. The third-order valence-electron chi connectivity index (χ3n) is 1.57. The van der Waals surface area contributed by atoms with Crippen LogP contribution in [-0.2, 0) is 4.74 Å². The van der Waals surface area contributed by atoms with Gasteiger partial charge in [0, 0.05) is 38.9 Å². The number of nitrogens with zero attached hydrogens (tertiary/aromatic N) is 2. The molecule has 0 heterocycles. The van der Waals surface area contributed by atoms with Crippen LogP contribution >= 0.6 is 12.6 Å². The quantitative estimate of drug-likeness (QED) is 0.600. The van der Waals surface area contributed by atoms with Gasteiger partial charge in [0.25, 0.3) is 0 Å². The normalized spacial score (nSPS) is 10.2. The van der Waals surface area contributed by atoms with Gasteiger partial charge in [0.15, 0.2) is 0 Å². The second kappa shape index (κ2) is 8.85. The first kappa shape index (κ1) is 11.8.